The average molecular weight is 357 g/mol. The molecule has 1 aliphatic heterocycles. The van der Waals surface area contributed by atoms with Gasteiger partial charge in [-0.25, -0.2) is 0 Å². The number of benzene rings is 1. The smallest absolute Gasteiger partial charge is 0.0876 e. The molecule has 2 nitrogen and oxygen atoms in total. The number of rotatable bonds is 4. The van der Waals surface area contributed by atoms with Crippen molar-refractivity contribution in [3.8, 4) is 0 Å². The van der Waals surface area contributed by atoms with Crippen LogP contribution in [0.1, 0.15) is 36.9 Å². The van der Waals surface area contributed by atoms with E-state index >= 15 is 0 Å². The lowest BCUT2D eigenvalue weighted by Gasteiger charge is -2.25. The van der Waals surface area contributed by atoms with E-state index in [-0.39, 0.29) is 0 Å². The van der Waals surface area contributed by atoms with Crippen molar-refractivity contribution in [3.05, 3.63) is 44.7 Å². The van der Waals surface area contributed by atoms with Gasteiger partial charge in [-0.15, -0.1) is 0 Å². The zero-order valence-corrected chi connectivity index (χ0v) is 13.2. The maximum Gasteiger partial charge on any atom is 0.0876 e. The van der Waals surface area contributed by atoms with Crippen LogP contribution in [0, 0.1) is 10.5 Å². The van der Waals surface area contributed by atoms with Crippen molar-refractivity contribution >= 4 is 22.6 Å². The highest BCUT2D eigenvalue weighted by atomic mass is 127. The second kappa shape index (κ2) is 6.57. The van der Waals surface area contributed by atoms with Gasteiger partial charge in [0.15, 0.2) is 0 Å². The minimum absolute atomic E-state index is 0.294. The van der Waals surface area contributed by atoms with Gasteiger partial charge < -0.3 is 10.1 Å². The number of aryl methyl sites for hydroxylation is 1. The first-order chi connectivity index (χ1) is 8.74. The summed E-state index contributed by atoms with van der Waals surface area (Å²) in [5, 5.41) is 3.58. The molecule has 1 heterocycles. The second-order valence-corrected chi connectivity index (χ2v) is 5.71. The average Bonchev–Trinajstić information content (AvgIpc) is 2.41. The summed E-state index contributed by atoms with van der Waals surface area (Å²) in [5.41, 5.74) is 4.08. The van der Waals surface area contributed by atoms with Gasteiger partial charge in [0.05, 0.1) is 18.9 Å². The number of nitrogens with one attached hydrogen (secondary N) is 1. The molecule has 1 aromatic carbocycles. The van der Waals surface area contributed by atoms with Gasteiger partial charge in [0.2, 0.25) is 0 Å². The molecule has 0 saturated heterocycles. The fourth-order valence-electron chi connectivity index (χ4n) is 2.33. The van der Waals surface area contributed by atoms with Crippen LogP contribution < -0.4 is 5.32 Å². The van der Waals surface area contributed by atoms with Crippen LogP contribution in [0.2, 0.25) is 0 Å². The topological polar surface area (TPSA) is 21.3 Å². The Morgan fingerprint density at radius 3 is 2.94 bits per heavy atom. The zero-order chi connectivity index (χ0) is 13.0. The van der Waals surface area contributed by atoms with Gasteiger partial charge in [0, 0.05) is 3.57 Å². The highest BCUT2D eigenvalue weighted by Crippen LogP contribution is 2.31. The Hall–Kier alpha value is -0.550. The minimum Gasteiger partial charge on any atom is -0.501 e. The van der Waals surface area contributed by atoms with Crippen LogP contribution in [-0.4, -0.2) is 13.2 Å². The summed E-state index contributed by atoms with van der Waals surface area (Å²) >= 11 is 2.45. The third-order valence-electron chi connectivity index (χ3n) is 3.27. The summed E-state index contributed by atoms with van der Waals surface area (Å²) in [6.07, 6.45) is 4.20. The van der Waals surface area contributed by atoms with E-state index in [1.807, 2.05) is 6.26 Å². The van der Waals surface area contributed by atoms with E-state index in [0.717, 1.165) is 26.0 Å². The van der Waals surface area contributed by atoms with E-state index in [1.54, 1.807) is 0 Å². The van der Waals surface area contributed by atoms with Crippen LogP contribution in [-0.2, 0) is 4.74 Å². The third-order valence-corrected chi connectivity index (χ3v) is 4.75. The Kier molecular flexibility index (Phi) is 5.06. The summed E-state index contributed by atoms with van der Waals surface area (Å²) in [6, 6.07) is 6.82. The molecular weight excluding hydrogens is 337 g/mol. The second-order valence-electron chi connectivity index (χ2n) is 4.64. The molecule has 1 atom stereocenters. The summed E-state index contributed by atoms with van der Waals surface area (Å²) in [6.45, 7) is 6.14. The first kappa shape index (κ1) is 13.9. The fraction of sp³-hybridized carbons (Fsp3) is 0.467. The van der Waals surface area contributed by atoms with Crippen molar-refractivity contribution in [1.29, 1.82) is 0 Å². The highest BCUT2D eigenvalue weighted by Gasteiger charge is 2.20. The van der Waals surface area contributed by atoms with Gasteiger partial charge in [-0.1, -0.05) is 25.1 Å². The molecule has 98 valence electrons. The van der Waals surface area contributed by atoms with E-state index < -0.39 is 0 Å². The van der Waals surface area contributed by atoms with Crippen LogP contribution in [0.5, 0.6) is 0 Å². The molecule has 1 aromatic rings. The lowest BCUT2D eigenvalue weighted by molar-refractivity contribution is 0.219. The summed E-state index contributed by atoms with van der Waals surface area (Å²) in [7, 11) is 0. The molecule has 0 radical (unpaired) electrons. The van der Waals surface area contributed by atoms with Crippen molar-refractivity contribution in [3.63, 3.8) is 0 Å². The lowest BCUT2D eigenvalue weighted by Crippen LogP contribution is -2.25. The molecule has 0 aliphatic carbocycles. The van der Waals surface area contributed by atoms with Gasteiger partial charge >= 0.3 is 0 Å². The van der Waals surface area contributed by atoms with Gasteiger partial charge in [-0.3, -0.25) is 0 Å². The van der Waals surface area contributed by atoms with Gasteiger partial charge in [-0.2, -0.15) is 0 Å². The molecule has 3 heteroatoms. The summed E-state index contributed by atoms with van der Waals surface area (Å²) < 4.78 is 6.85. The molecule has 1 unspecified atom stereocenters. The lowest BCUT2D eigenvalue weighted by atomic mass is 9.94. The Balaban J connectivity index is 2.34. The molecule has 2 rings (SSSR count). The molecular formula is C15H20INO. The Bertz CT molecular complexity index is 442. The molecule has 0 saturated carbocycles. The van der Waals surface area contributed by atoms with Crippen LogP contribution in [0.15, 0.2) is 30.0 Å². The Morgan fingerprint density at radius 1 is 1.44 bits per heavy atom. The molecule has 0 aromatic heterocycles. The highest BCUT2D eigenvalue weighted by molar-refractivity contribution is 14.1. The Morgan fingerprint density at radius 2 is 2.28 bits per heavy atom. The molecule has 0 bridgehead atoms. The van der Waals surface area contributed by atoms with Crippen molar-refractivity contribution < 1.29 is 4.74 Å². The van der Waals surface area contributed by atoms with E-state index in [0.29, 0.717) is 6.04 Å². The van der Waals surface area contributed by atoms with Crippen molar-refractivity contribution in [1.82, 2.24) is 5.32 Å². The first-order valence-corrected chi connectivity index (χ1v) is 7.61. The normalized spacial score (nSPS) is 16.9. The predicted octanol–water partition coefficient (Wildman–Crippen LogP) is 3.94. The number of ether oxygens (including phenoxy) is 1. The van der Waals surface area contributed by atoms with Crippen LogP contribution in [0.4, 0.5) is 0 Å². The third kappa shape index (κ3) is 3.06. The number of hydrogen-bond acceptors (Lipinski definition) is 2. The maximum atomic E-state index is 5.50. The first-order valence-electron chi connectivity index (χ1n) is 6.53. The van der Waals surface area contributed by atoms with Crippen LogP contribution in [0.3, 0.4) is 0 Å². The van der Waals surface area contributed by atoms with E-state index in [2.05, 4.69) is 60.0 Å². The molecule has 1 aliphatic rings. The SMILES string of the molecule is CCNC(C1=COCCC1)c1cccc(C)c1I. The molecule has 18 heavy (non-hydrogen) atoms. The maximum absolute atomic E-state index is 5.50. The monoisotopic (exact) mass is 357 g/mol. The number of likely N-dealkylation sites (N-methyl/N-ethyl adjacent to an activating group) is 1. The summed E-state index contributed by atoms with van der Waals surface area (Å²) in [4.78, 5) is 0. The standard InChI is InChI=1S/C15H20INO/c1-3-17-15(12-7-5-9-18-10-12)13-8-4-6-11(2)14(13)16/h4,6,8,10,15,17H,3,5,7,9H2,1-2H3. The zero-order valence-electron chi connectivity index (χ0n) is 11.0. The van der Waals surface area contributed by atoms with E-state index in [1.165, 1.54) is 20.3 Å². The van der Waals surface area contributed by atoms with Gasteiger partial charge in [0.25, 0.3) is 0 Å². The quantitative estimate of drug-likeness (QED) is 0.824. The molecule has 0 spiro atoms. The number of hydrogen-bond donors (Lipinski definition) is 1. The van der Waals surface area contributed by atoms with Crippen LogP contribution in [0.25, 0.3) is 0 Å². The van der Waals surface area contributed by atoms with Crippen molar-refractivity contribution in [2.45, 2.75) is 32.7 Å². The van der Waals surface area contributed by atoms with Gasteiger partial charge in [-0.05, 0) is 65.6 Å². The molecule has 0 amide bonds. The van der Waals surface area contributed by atoms with Crippen LogP contribution >= 0.6 is 22.6 Å². The molecule has 1 N–H and O–H groups in total. The largest absolute Gasteiger partial charge is 0.501 e. The van der Waals surface area contributed by atoms with E-state index in [9.17, 15) is 0 Å². The summed E-state index contributed by atoms with van der Waals surface area (Å²) in [5.74, 6) is 0. The van der Waals surface area contributed by atoms with E-state index in [4.69, 9.17) is 4.74 Å². The van der Waals surface area contributed by atoms with Crippen molar-refractivity contribution in [2.24, 2.45) is 0 Å². The predicted molar refractivity (Wildman–Crippen MR) is 83.6 cm³/mol. The number of halogens is 1. The van der Waals surface area contributed by atoms with Crippen molar-refractivity contribution in [2.75, 3.05) is 13.2 Å². The Labute approximate surface area is 123 Å². The van der Waals surface area contributed by atoms with Gasteiger partial charge in [0.1, 0.15) is 0 Å². The fourth-order valence-corrected chi connectivity index (χ4v) is 3.01. The minimum atomic E-state index is 0.294. The molecule has 0 fully saturated rings.